The summed E-state index contributed by atoms with van der Waals surface area (Å²) in [5, 5.41) is 8.52. The number of nitrogens with zero attached hydrogens (tertiary/aromatic N) is 3. The molecule has 1 heterocycles. The van der Waals surface area contributed by atoms with Crippen molar-refractivity contribution in [3.63, 3.8) is 0 Å². The van der Waals surface area contributed by atoms with Gasteiger partial charge >= 0.3 is 0 Å². The van der Waals surface area contributed by atoms with Crippen molar-refractivity contribution < 1.29 is 0 Å². The molecular formula is C15H22N4. The second-order valence-electron chi connectivity index (χ2n) is 5.45. The van der Waals surface area contributed by atoms with Crippen LogP contribution >= 0.6 is 0 Å². The highest BCUT2D eigenvalue weighted by atomic mass is 15.3. The van der Waals surface area contributed by atoms with E-state index >= 15 is 0 Å². The molecule has 0 aliphatic carbocycles. The standard InChI is InChI=1S/C15H22N4/c1-10(2)9-19-14(8-16)17-18-15(19)13-6-5-11(3)12(4)7-13/h5-7,10H,8-9,16H2,1-4H3. The Kier molecular flexibility index (Phi) is 4.00. The lowest BCUT2D eigenvalue weighted by Crippen LogP contribution is -2.13. The highest BCUT2D eigenvalue weighted by Crippen LogP contribution is 2.22. The SMILES string of the molecule is Cc1ccc(-c2nnc(CN)n2CC(C)C)cc1C. The van der Waals surface area contributed by atoms with Crippen molar-refractivity contribution in [2.75, 3.05) is 0 Å². The topological polar surface area (TPSA) is 56.7 Å². The quantitative estimate of drug-likeness (QED) is 0.917. The molecule has 19 heavy (non-hydrogen) atoms. The van der Waals surface area contributed by atoms with E-state index in [1.807, 2.05) is 0 Å². The van der Waals surface area contributed by atoms with Gasteiger partial charge < -0.3 is 10.3 Å². The summed E-state index contributed by atoms with van der Waals surface area (Å²) in [6.07, 6.45) is 0. The van der Waals surface area contributed by atoms with E-state index in [0.717, 1.165) is 23.8 Å². The minimum Gasteiger partial charge on any atom is -0.324 e. The summed E-state index contributed by atoms with van der Waals surface area (Å²) < 4.78 is 2.13. The smallest absolute Gasteiger partial charge is 0.164 e. The molecule has 2 aromatic rings. The van der Waals surface area contributed by atoms with Crippen molar-refractivity contribution in [3.8, 4) is 11.4 Å². The number of aryl methyl sites for hydroxylation is 2. The average molecular weight is 258 g/mol. The van der Waals surface area contributed by atoms with Crippen LogP contribution in [0.25, 0.3) is 11.4 Å². The van der Waals surface area contributed by atoms with E-state index in [1.165, 1.54) is 11.1 Å². The summed E-state index contributed by atoms with van der Waals surface area (Å²) in [7, 11) is 0. The summed E-state index contributed by atoms with van der Waals surface area (Å²) in [6.45, 7) is 9.91. The van der Waals surface area contributed by atoms with Crippen LogP contribution in [0.3, 0.4) is 0 Å². The fraction of sp³-hybridized carbons (Fsp3) is 0.467. The molecule has 0 saturated heterocycles. The molecule has 2 rings (SSSR count). The summed E-state index contributed by atoms with van der Waals surface area (Å²) in [5.74, 6) is 2.30. The molecule has 1 aromatic heterocycles. The zero-order chi connectivity index (χ0) is 14.0. The molecule has 0 bridgehead atoms. The van der Waals surface area contributed by atoms with Gasteiger partial charge in [-0.1, -0.05) is 26.0 Å². The van der Waals surface area contributed by atoms with Gasteiger partial charge in [0.1, 0.15) is 5.82 Å². The van der Waals surface area contributed by atoms with Crippen LogP contribution < -0.4 is 5.73 Å². The van der Waals surface area contributed by atoms with Crippen molar-refractivity contribution >= 4 is 0 Å². The Morgan fingerprint density at radius 1 is 1.16 bits per heavy atom. The Morgan fingerprint density at radius 3 is 2.47 bits per heavy atom. The number of nitrogens with two attached hydrogens (primary N) is 1. The molecule has 0 unspecified atom stereocenters. The highest BCUT2D eigenvalue weighted by Gasteiger charge is 2.14. The summed E-state index contributed by atoms with van der Waals surface area (Å²) >= 11 is 0. The van der Waals surface area contributed by atoms with Crippen LogP contribution in [-0.4, -0.2) is 14.8 Å². The first-order valence-electron chi connectivity index (χ1n) is 6.72. The highest BCUT2D eigenvalue weighted by molar-refractivity contribution is 5.57. The average Bonchev–Trinajstić information content (AvgIpc) is 2.75. The van der Waals surface area contributed by atoms with E-state index in [0.29, 0.717) is 12.5 Å². The molecule has 0 amide bonds. The second kappa shape index (κ2) is 5.53. The van der Waals surface area contributed by atoms with Crippen LogP contribution in [-0.2, 0) is 13.1 Å². The lowest BCUT2D eigenvalue weighted by molar-refractivity contribution is 0.510. The van der Waals surface area contributed by atoms with Gasteiger partial charge in [-0.15, -0.1) is 10.2 Å². The lowest BCUT2D eigenvalue weighted by atomic mass is 10.1. The third kappa shape index (κ3) is 2.84. The van der Waals surface area contributed by atoms with Crippen molar-refractivity contribution in [1.29, 1.82) is 0 Å². The van der Waals surface area contributed by atoms with Crippen LogP contribution in [0.2, 0.25) is 0 Å². The predicted octanol–water partition coefficient (Wildman–Crippen LogP) is 2.68. The molecule has 0 fully saturated rings. The van der Waals surface area contributed by atoms with Gasteiger partial charge in [-0.2, -0.15) is 0 Å². The maximum absolute atomic E-state index is 5.75. The zero-order valence-electron chi connectivity index (χ0n) is 12.1. The van der Waals surface area contributed by atoms with E-state index in [2.05, 4.69) is 60.7 Å². The van der Waals surface area contributed by atoms with E-state index in [4.69, 9.17) is 5.73 Å². The van der Waals surface area contributed by atoms with Crippen molar-refractivity contribution in [2.45, 2.75) is 40.8 Å². The molecule has 0 aliphatic rings. The number of rotatable bonds is 4. The molecule has 102 valence electrons. The molecule has 0 aliphatic heterocycles. The fourth-order valence-corrected chi connectivity index (χ4v) is 2.14. The van der Waals surface area contributed by atoms with Crippen molar-refractivity contribution in [3.05, 3.63) is 35.2 Å². The molecule has 4 nitrogen and oxygen atoms in total. The van der Waals surface area contributed by atoms with Crippen molar-refractivity contribution in [2.24, 2.45) is 11.7 Å². The van der Waals surface area contributed by atoms with Crippen molar-refractivity contribution in [1.82, 2.24) is 14.8 Å². The first kappa shape index (κ1) is 13.7. The number of hydrogen-bond acceptors (Lipinski definition) is 3. The molecule has 4 heteroatoms. The van der Waals surface area contributed by atoms with Gasteiger partial charge in [-0.3, -0.25) is 0 Å². The second-order valence-corrected chi connectivity index (χ2v) is 5.45. The van der Waals surface area contributed by atoms with Gasteiger partial charge in [0.2, 0.25) is 0 Å². The van der Waals surface area contributed by atoms with Gasteiger partial charge in [0, 0.05) is 12.1 Å². The normalized spacial score (nSPS) is 11.3. The number of hydrogen-bond donors (Lipinski definition) is 1. The Hall–Kier alpha value is -1.68. The predicted molar refractivity (Wildman–Crippen MR) is 77.7 cm³/mol. The zero-order valence-corrected chi connectivity index (χ0v) is 12.1. The van der Waals surface area contributed by atoms with Gasteiger partial charge in [0.15, 0.2) is 5.82 Å². The fourth-order valence-electron chi connectivity index (χ4n) is 2.14. The van der Waals surface area contributed by atoms with Crippen LogP contribution in [0.4, 0.5) is 0 Å². The van der Waals surface area contributed by atoms with Crippen LogP contribution in [0.15, 0.2) is 18.2 Å². The number of benzene rings is 1. The number of aromatic nitrogens is 3. The molecule has 0 saturated carbocycles. The first-order chi connectivity index (χ1) is 9.02. The third-order valence-corrected chi connectivity index (χ3v) is 3.32. The largest absolute Gasteiger partial charge is 0.324 e. The molecule has 0 radical (unpaired) electrons. The third-order valence-electron chi connectivity index (χ3n) is 3.32. The van der Waals surface area contributed by atoms with E-state index in [-0.39, 0.29) is 0 Å². The Bertz CT molecular complexity index is 570. The molecule has 0 spiro atoms. The van der Waals surface area contributed by atoms with Gasteiger partial charge in [0.25, 0.3) is 0 Å². The van der Waals surface area contributed by atoms with Gasteiger partial charge in [-0.05, 0) is 37.0 Å². The lowest BCUT2D eigenvalue weighted by Gasteiger charge is -2.12. The van der Waals surface area contributed by atoms with Gasteiger partial charge in [-0.25, -0.2) is 0 Å². The minimum atomic E-state index is 0.421. The molecular weight excluding hydrogens is 236 g/mol. The van der Waals surface area contributed by atoms with Crippen LogP contribution in [0.5, 0.6) is 0 Å². The van der Waals surface area contributed by atoms with Gasteiger partial charge in [0.05, 0.1) is 6.54 Å². The summed E-state index contributed by atoms with van der Waals surface area (Å²) in [4.78, 5) is 0. The monoisotopic (exact) mass is 258 g/mol. The molecule has 1 aromatic carbocycles. The first-order valence-corrected chi connectivity index (χ1v) is 6.72. The summed E-state index contributed by atoms with van der Waals surface area (Å²) in [6, 6.07) is 6.39. The Balaban J connectivity index is 2.48. The van der Waals surface area contributed by atoms with E-state index in [1.54, 1.807) is 0 Å². The maximum Gasteiger partial charge on any atom is 0.164 e. The Labute approximate surface area is 114 Å². The summed E-state index contributed by atoms with van der Waals surface area (Å²) in [5.41, 5.74) is 9.41. The molecule has 0 atom stereocenters. The van der Waals surface area contributed by atoms with E-state index < -0.39 is 0 Å². The molecule has 2 N–H and O–H groups in total. The Morgan fingerprint density at radius 2 is 1.89 bits per heavy atom. The minimum absolute atomic E-state index is 0.421. The maximum atomic E-state index is 5.75. The van der Waals surface area contributed by atoms with E-state index in [9.17, 15) is 0 Å². The van der Waals surface area contributed by atoms with Crippen LogP contribution in [0, 0.1) is 19.8 Å². The van der Waals surface area contributed by atoms with Crippen LogP contribution in [0.1, 0.15) is 30.8 Å².